The van der Waals surface area contributed by atoms with E-state index in [9.17, 15) is 22.3 Å². The van der Waals surface area contributed by atoms with Crippen LogP contribution in [0.1, 0.15) is 33.1 Å². The third kappa shape index (κ3) is 3.88. The van der Waals surface area contributed by atoms with Crippen molar-refractivity contribution in [2.24, 2.45) is 5.92 Å². The number of aliphatic carboxylic acids is 1. The summed E-state index contributed by atoms with van der Waals surface area (Å²) in [4.78, 5) is 10.5. The zero-order chi connectivity index (χ0) is 16.2. The van der Waals surface area contributed by atoms with E-state index in [0.717, 1.165) is 4.31 Å². The summed E-state index contributed by atoms with van der Waals surface area (Å²) in [6.45, 7) is 2.69. The van der Waals surface area contributed by atoms with Gasteiger partial charge in [0.25, 0.3) is 17.2 Å². The van der Waals surface area contributed by atoms with Gasteiger partial charge in [0, 0.05) is 24.5 Å². The standard InChI is InChI=1S/C13H19F2NO4S/c1-3-10-11(4-2)16(21(19)20)8-9(13(10,14)15)6-5-7-12(17)18/h3-4,9H,5-8H2,1-2H3,(H,17,18)(H,19,20)/b10-3+,11-4?/t9-/m0/s1. The van der Waals surface area contributed by atoms with E-state index in [0.29, 0.717) is 0 Å². The average Bonchev–Trinajstić information content (AvgIpc) is 2.38. The molecule has 0 bridgehead atoms. The number of alkyl halides is 2. The molecule has 1 aliphatic rings. The predicted octanol–water partition coefficient (Wildman–Crippen LogP) is 2.80. The number of carboxylic acid groups (broad SMARTS) is 1. The molecule has 0 aromatic rings. The van der Waals surface area contributed by atoms with Crippen LogP contribution in [0.3, 0.4) is 0 Å². The Labute approximate surface area is 124 Å². The maximum Gasteiger partial charge on any atom is 0.303 e. The molecule has 0 aromatic heterocycles. The molecule has 2 N–H and O–H groups in total. The zero-order valence-corrected chi connectivity index (χ0v) is 12.7. The van der Waals surface area contributed by atoms with E-state index >= 15 is 0 Å². The van der Waals surface area contributed by atoms with E-state index in [1.807, 2.05) is 0 Å². The van der Waals surface area contributed by atoms with E-state index in [1.165, 1.54) is 26.0 Å². The minimum Gasteiger partial charge on any atom is -0.481 e. The molecule has 2 atom stereocenters. The van der Waals surface area contributed by atoms with Gasteiger partial charge in [-0.25, -0.2) is 13.0 Å². The highest BCUT2D eigenvalue weighted by atomic mass is 32.2. The van der Waals surface area contributed by atoms with Crippen LogP contribution in [-0.2, 0) is 16.1 Å². The second-order valence-electron chi connectivity index (χ2n) is 4.77. The monoisotopic (exact) mass is 323 g/mol. The topological polar surface area (TPSA) is 77.8 Å². The van der Waals surface area contributed by atoms with E-state index in [-0.39, 0.29) is 37.1 Å². The van der Waals surface area contributed by atoms with E-state index in [2.05, 4.69) is 0 Å². The van der Waals surface area contributed by atoms with Gasteiger partial charge in [0.2, 0.25) is 0 Å². The van der Waals surface area contributed by atoms with Crippen LogP contribution in [0, 0.1) is 5.92 Å². The first-order valence-electron chi connectivity index (χ1n) is 6.57. The molecule has 120 valence electrons. The van der Waals surface area contributed by atoms with Crippen LogP contribution < -0.4 is 0 Å². The Morgan fingerprint density at radius 3 is 2.52 bits per heavy atom. The number of rotatable bonds is 5. The normalized spacial score (nSPS) is 27.1. The number of hydrogen-bond donors (Lipinski definition) is 2. The van der Waals surface area contributed by atoms with Gasteiger partial charge >= 0.3 is 5.97 Å². The van der Waals surface area contributed by atoms with Crippen LogP contribution in [0.4, 0.5) is 8.78 Å². The van der Waals surface area contributed by atoms with Gasteiger partial charge in [-0.05, 0) is 26.7 Å². The first-order chi connectivity index (χ1) is 9.75. The molecule has 1 unspecified atom stereocenters. The van der Waals surface area contributed by atoms with Crippen molar-refractivity contribution in [2.75, 3.05) is 6.54 Å². The Bertz CT molecular complexity index is 491. The van der Waals surface area contributed by atoms with Crippen LogP contribution in [0.5, 0.6) is 0 Å². The van der Waals surface area contributed by atoms with Gasteiger partial charge in [0.05, 0.1) is 5.70 Å². The molecule has 5 nitrogen and oxygen atoms in total. The SMILES string of the molecule is CC=C1/C(=C\C)C(F)(F)[C@@H](CCCC(=O)O)CN1S(=O)O. The molecule has 0 aromatic carbocycles. The largest absolute Gasteiger partial charge is 0.481 e. The molecule has 1 aliphatic heterocycles. The molecule has 0 saturated carbocycles. The van der Waals surface area contributed by atoms with E-state index in [1.54, 1.807) is 0 Å². The number of carbonyl (C=O) groups is 1. The molecule has 1 rings (SSSR count). The number of hydrogen-bond acceptors (Lipinski definition) is 2. The van der Waals surface area contributed by atoms with Crippen molar-refractivity contribution in [3.8, 4) is 0 Å². The lowest BCUT2D eigenvalue weighted by molar-refractivity contribution is -0.137. The van der Waals surface area contributed by atoms with Crippen molar-refractivity contribution in [3.05, 3.63) is 23.4 Å². The van der Waals surface area contributed by atoms with Gasteiger partial charge in [-0.2, -0.15) is 0 Å². The van der Waals surface area contributed by atoms with Crippen molar-refractivity contribution in [1.29, 1.82) is 0 Å². The molecule has 0 amide bonds. The van der Waals surface area contributed by atoms with Crippen molar-refractivity contribution in [1.82, 2.24) is 4.31 Å². The predicted molar refractivity (Wildman–Crippen MR) is 74.9 cm³/mol. The molecule has 8 heteroatoms. The first kappa shape index (κ1) is 17.8. The van der Waals surface area contributed by atoms with Crippen LogP contribution in [0.25, 0.3) is 0 Å². The van der Waals surface area contributed by atoms with Gasteiger partial charge < -0.3 is 5.11 Å². The molecule has 1 saturated heterocycles. The lowest BCUT2D eigenvalue weighted by Crippen LogP contribution is -2.48. The summed E-state index contributed by atoms with van der Waals surface area (Å²) in [5.41, 5.74) is -0.253. The highest BCUT2D eigenvalue weighted by Crippen LogP contribution is 2.45. The number of piperidine rings is 1. The molecule has 1 fully saturated rings. The minimum atomic E-state index is -3.15. The second-order valence-corrected chi connectivity index (χ2v) is 5.68. The lowest BCUT2D eigenvalue weighted by atomic mass is 9.84. The fraction of sp³-hybridized carbons (Fsp3) is 0.615. The Kier molecular flexibility index (Phi) is 6.03. The number of allylic oxidation sites excluding steroid dienone is 3. The Morgan fingerprint density at radius 2 is 2.10 bits per heavy atom. The molecule has 0 aliphatic carbocycles. The van der Waals surface area contributed by atoms with Gasteiger partial charge in [0.1, 0.15) is 0 Å². The highest BCUT2D eigenvalue weighted by molar-refractivity contribution is 7.76. The Balaban J connectivity index is 3.04. The quantitative estimate of drug-likeness (QED) is 0.763. The van der Waals surface area contributed by atoms with Crippen LogP contribution in [0.2, 0.25) is 0 Å². The van der Waals surface area contributed by atoms with Crippen molar-refractivity contribution < 1.29 is 27.4 Å². The van der Waals surface area contributed by atoms with Gasteiger partial charge in [0.15, 0.2) is 0 Å². The molecular weight excluding hydrogens is 304 g/mol. The number of carboxylic acids is 1. The van der Waals surface area contributed by atoms with E-state index in [4.69, 9.17) is 5.11 Å². The average molecular weight is 323 g/mol. The summed E-state index contributed by atoms with van der Waals surface area (Å²) in [6.07, 6.45) is 2.49. The maximum atomic E-state index is 14.5. The zero-order valence-electron chi connectivity index (χ0n) is 11.9. The van der Waals surface area contributed by atoms with Crippen LogP contribution >= 0.6 is 0 Å². The number of nitrogens with zero attached hydrogens (tertiary/aromatic N) is 1. The third-order valence-electron chi connectivity index (χ3n) is 3.50. The van der Waals surface area contributed by atoms with Crippen molar-refractivity contribution >= 4 is 17.2 Å². The van der Waals surface area contributed by atoms with Crippen LogP contribution in [-0.4, -0.2) is 36.6 Å². The van der Waals surface area contributed by atoms with Gasteiger partial charge in [-0.15, -0.1) is 0 Å². The summed E-state index contributed by atoms with van der Waals surface area (Å²) in [6, 6.07) is 0. The fourth-order valence-corrected chi connectivity index (χ4v) is 3.18. The van der Waals surface area contributed by atoms with Crippen molar-refractivity contribution in [3.63, 3.8) is 0 Å². The van der Waals surface area contributed by atoms with Gasteiger partial charge in [-0.3, -0.25) is 13.7 Å². The minimum absolute atomic E-state index is 0.0265. The molecule has 0 spiro atoms. The van der Waals surface area contributed by atoms with E-state index < -0.39 is 29.1 Å². The van der Waals surface area contributed by atoms with Gasteiger partial charge in [-0.1, -0.05) is 12.2 Å². The highest BCUT2D eigenvalue weighted by Gasteiger charge is 2.50. The smallest absolute Gasteiger partial charge is 0.303 e. The maximum absolute atomic E-state index is 14.5. The third-order valence-corrected chi connectivity index (χ3v) is 4.22. The summed E-state index contributed by atoms with van der Waals surface area (Å²) in [5, 5.41) is 8.58. The fourth-order valence-electron chi connectivity index (χ4n) is 2.50. The van der Waals surface area contributed by atoms with Crippen LogP contribution in [0.15, 0.2) is 23.4 Å². The summed E-state index contributed by atoms with van der Waals surface area (Å²) in [7, 11) is 0. The number of halogens is 2. The Morgan fingerprint density at radius 1 is 1.48 bits per heavy atom. The molecule has 21 heavy (non-hydrogen) atoms. The first-order valence-corrected chi connectivity index (χ1v) is 7.63. The second kappa shape index (κ2) is 7.13. The molecular formula is C13H19F2NO4S. The summed E-state index contributed by atoms with van der Waals surface area (Å²) >= 11 is -2.40. The summed E-state index contributed by atoms with van der Waals surface area (Å²) in [5.74, 6) is -5.38. The molecule has 1 heterocycles. The Hall–Kier alpha value is -1.28. The van der Waals surface area contributed by atoms with Crippen molar-refractivity contribution in [2.45, 2.75) is 39.0 Å². The summed E-state index contributed by atoms with van der Waals surface area (Å²) < 4.78 is 50.6. The molecule has 0 radical (unpaired) electrons. The lowest BCUT2D eigenvalue weighted by Gasteiger charge is -2.41.